The first kappa shape index (κ1) is 27.4. The molecule has 42 heavy (non-hydrogen) atoms. The molecule has 1 aliphatic rings. The number of hydrogen-bond acceptors (Lipinski definition) is 5. The van der Waals surface area contributed by atoms with Crippen LogP contribution in [0.2, 0.25) is 0 Å². The van der Waals surface area contributed by atoms with Gasteiger partial charge >= 0.3 is 0 Å². The normalized spacial score (nSPS) is 16.3. The Morgan fingerprint density at radius 1 is 0.738 bits per heavy atom. The van der Waals surface area contributed by atoms with Crippen molar-refractivity contribution >= 4 is 23.0 Å². The highest BCUT2D eigenvalue weighted by molar-refractivity contribution is 7.80. The number of nitrogens with zero attached hydrogens (tertiary/aromatic N) is 3. The Kier molecular flexibility index (Phi) is 7.54. The number of benzene rings is 3. The highest BCUT2D eigenvalue weighted by atomic mass is 32.1. The molecule has 3 heterocycles. The van der Waals surface area contributed by atoms with E-state index in [1.807, 2.05) is 85.1 Å². The van der Waals surface area contributed by atoms with E-state index in [-0.39, 0.29) is 12.1 Å². The predicted octanol–water partition coefficient (Wildman–Crippen LogP) is 7.48. The molecule has 1 saturated heterocycles. The van der Waals surface area contributed by atoms with Crippen LogP contribution in [-0.2, 0) is 0 Å². The number of rotatable bonds is 8. The molecule has 0 bridgehead atoms. The van der Waals surface area contributed by atoms with Gasteiger partial charge in [0, 0.05) is 35.0 Å². The second kappa shape index (κ2) is 11.6. The van der Waals surface area contributed by atoms with Crippen LogP contribution in [0.15, 0.2) is 103 Å². The number of aryl methyl sites for hydroxylation is 1. The minimum absolute atomic E-state index is 0.133. The fourth-order valence-corrected chi connectivity index (χ4v) is 5.98. The van der Waals surface area contributed by atoms with Crippen molar-refractivity contribution in [2.75, 3.05) is 19.1 Å². The zero-order valence-electron chi connectivity index (χ0n) is 23.9. The highest BCUT2D eigenvalue weighted by Gasteiger charge is 2.42. The molecule has 0 amide bonds. The van der Waals surface area contributed by atoms with Crippen molar-refractivity contribution in [1.82, 2.24) is 14.9 Å². The maximum absolute atomic E-state index is 6.08. The van der Waals surface area contributed by atoms with Gasteiger partial charge in [0.25, 0.3) is 0 Å². The lowest BCUT2D eigenvalue weighted by Gasteiger charge is -2.28. The van der Waals surface area contributed by atoms with Crippen LogP contribution < -0.4 is 24.4 Å². The minimum atomic E-state index is -0.145. The third-order valence-electron chi connectivity index (χ3n) is 7.61. The summed E-state index contributed by atoms with van der Waals surface area (Å²) < 4.78 is 19.1. The van der Waals surface area contributed by atoms with Crippen LogP contribution in [0.1, 0.15) is 34.7 Å². The number of thiocarbonyl (C=S) groups is 1. The number of hydrogen-bond donors (Lipinski definition) is 1. The van der Waals surface area contributed by atoms with Crippen LogP contribution in [0.3, 0.4) is 0 Å². The summed E-state index contributed by atoms with van der Waals surface area (Å²) >= 11 is 5.97. The highest BCUT2D eigenvalue weighted by Crippen LogP contribution is 2.44. The van der Waals surface area contributed by atoms with Gasteiger partial charge in [0.15, 0.2) is 5.11 Å². The van der Waals surface area contributed by atoms with Gasteiger partial charge in [-0.25, -0.2) is 0 Å². The standard InChI is InChI=1S/C34H32N4O3S/c1-22-20-30(23(2)37(22)25-8-7-9-29(21-25)40-4)33-32(31-10-5-6-19-35-31)36-34(42)38(33)24-11-13-27(14-12-24)41-28-17-15-26(39-3)16-18-28/h5-21,32-33H,1-4H3,(H,36,42). The van der Waals surface area contributed by atoms with Crippen LogP contribution in [0.25, 0.3) is 5.69 Å². The quantitative estimate of drug-likeness (QED) is 0.192. The van der Waals surface area contributed by atoms with Gasteiger partial charge in [0.1, 0.15) is 23.0 Å². The summed E-state index contributed by atoms with van der Waals surface area (Å²) in [4.78, 5) is 6.90. The van der Waals surface area contributed by atoms with E-state index < -0.39 is 0 Å². The van der Waals surface area contributed by atoms with Crippen molar-refractivity contribution in [3.8, 4) is 28.7 Å². The van der Waals surface area contributed by atoms with E-state index >= 15 is 0 Å². The molecule has 2 unspecified atom stereocenters. The zero-order chi connectivity index (χ0) is 29.2. The number of aromatic nitrogens is 2. The lowest BCUT2D eigenvalue weighted by Crippen LogP contribution is -2.29. The smallest absolute Gasteiger partial charge is 0.174 e. The molecule has 7 nitrogen and oxygen atoms in total. The number of ether oxygens (including phenoxy) is 3. The van der Waals surface area contributed by atoms with E-state index in [0.29, 0.717) is 5.11 Å². The summed E-state index contributed by atoms with van der Waals surface area (Å²) in [6.07, 6.45) is 1.82. The van der Waals surface area contributed by atoms with Gasteiger partial charge in [0.05, 0.1) is 32.0 Å². The van der Waals surface area contributed by atoms with Gasteiger partial charge in [-0.2, -0.15) is 0 Å². The Balaban J connectivity index is 1.39. The molecule has 2 atom stereocenters. The third kappa shape index (κ3) is 5.17. The summed E-state index contributed by atoms with van der Waals surface area (Å²) in [5.74, 6) is 3.07. The van der Waals surface area contributed by atoms with Gasteiger partial charge in [-0.15, -0.1) is 0 Å². The van der Waals surface area contributed by atoms with Crippen LogP contribution in [0, 0.1) is 13.8 Å². The Labute approximate surface area is 251 Å². The van der Waals surface area contributed by atoms with Crippen molar-refractivity contribution < 1.29 is 14.2 Å². The Morgan fingerprint density at radius 2 is 1.43 bits per heavy atom. The van der Waals surface area contributed by atoms with E-state index in [1.165, 1.54) is 0 Å². The zero-order valence-corrected chi connectivity index (χ0v) is 24.8. The van der Waals surface area contributed by atoms with Gasteiger partial charge in [-0.05, 0) is 110 Å². The summed E-state index contributed by atoms with van der Waals surface area (Å²) in [5.41, 5.74) is 6.35. The van der Waals surface area contributed by atoms with Crippen LogP contribution in [-0.4, -0.2) is 28.9 Å². The lowest BCUT2D eigenvalue weighted by molar-refractivity contribution is 0.413. The van der Waals surface area contributed by atoms with Crippen molar-refractivity contribution in [3.05, 3.63) is 126 Å². The number of anilines is 1. The number of nitrogens with one attached hydrogen (secondary N) is 1. The molecule has 2 aromatic heterocycles. The monoisotopic (exact) mass is 576 g/mol. The summed E-state index contributed by atoms with van der Waals surface area (Å²) in [6.45, 7) is 4.28. The van der Waals surface area contributed by atoms with E-state index in [1.54, 1.807) is 14.2 Å². The Morgan fingerprint density at radius 3 is 2.10 bits per heavy atom. The predicted molar refractivity (Wildman–Crippen MR) is 169 cm³/mol. The van der Waals surface area contributed by atoms with Crippen molar-refractivity contribution in [2.45, 2.75) is 25.9 Å². The molecule has 1 fully saturated rings. The minimum Gasteiger partial charge on any atom is -0.497 e. The average molecular weight is 577 g/mol. The van der Waals surface area contributed by atoms with E-state index in [2.05, 4.69) is 46.8 Å². The molecule has 5 aromatic rings. The summed E-state index contributed by atoms with van der Waals surface area (Å²) in [5, 5.41) is 4.21. The second-order valence-electron chi connectivity index (χ2n) is 10.1. The molecule has 0 radical (unpaired) electrons. The van der Waals surface area contributed by atoms with Gasteiger partial charge in [-0.3, -0.25) is 4.98 Å². The molecular formula is C34H32N4O3S. The summed E-state index contributed by atoms with van der Waals surface area (Å²) in [7, 11) is 3.34. The van der Waals surface area contributed by atoms with Gasteiger partial charge in [-0.1, -0.05) is 12.1 Å². The fraction of sp³-hybridized carbons (Fsp3) is 0.176. The molecular weight excluding hydrogens is 544 g/mol. The molecule has 0 saturated carbocycles. The van der Waals surface area contributed by atoms with Gasteiger partial charge in [0.2, 0.25) is 0 Å². The van der Waals surface area contributed by atoms with Crippen LogP contribution >= 0.6 is 12.2 Å². The maximum Gasteiger partial charge on any atom is 0.174 e. The molecule has 3 aromatic carbocycles. The largest absolute Gasteiger partial charge is 0.497 e. The van der Waals surface area contributed by atoms with Crippen molar-refractivity contribution in [3.63, 3.8) is 0 Å². The third-order valence-corrected chi connectivity index (χ3v) is 7.92. The van der Waals surface area contributed by atoms with Crippen LogP contribution in [0.4, 0.5) is 5.69 Å². The van der Waals surface area contributed by atoms with E-state index in [9.17, 15) is 0 Å². The van der Waals surface area contributed by atoms with Gasteiger partial charge < -0.3 is 29.0 Å². The number of pyridine rings is 1. The Bertz CT molecular complexity index is 1700. The molecule has 6 rings (SSSR count). The SMILES string of the molecule is COc1ccc(Oc2ccc(N3C(=S)NC(c4ccccn4)C3c3cc(C)n(-c4cccc(OC)c4)c3C)cc2)cc1. The first-order valence-electron chi connectivity index (χ1n) is 13.7. The second-order valence-corrected chi connectivity index (χ2v) is 10.5. The first-order chi connectivity index (χ1) is 20.5. The molecule has 212 valence electrons. The van der Waals surface area contributed by atoms with E-state index in [4.69, 9.17) is 31.4 Å². The fourth-order valence-electron chi connectivity index (χ4n) is 5.64. The van der Waals surface area contributed by atoms with Crippen molar-refractivity contribution in [2.24, 2.45) is 0 Å². The molecule has 0 spiro atoms. The summed E-state index contributed by atoms with van der Waals surface area (Å²) in [6, 6.07) is 31.6. The first-order valence-corrected chi connectivity index (χ1v) is 14.1. The molecule has 8 heteroatoms. The molecule has 1 aliphatic heterocycles. The molecule has 0 aliphatic carbocycles. The Hall–Kier alpha value is -4.82. The van der Waals surface area contributed by atoms with Crippen LogP contribution in [0.5, 0.6) is 23.0 Å². The van der Waals surface area contributed by atoms with Crippen molar-refractivity contribution in [1.29, 1.82) is 0 Å². The number of methoxy groups -OCH3 is 2. The average Bonchev–Trinajstić information content (AvgIpc) is 3.52. The lowest BCUT2D eigenvalue weighted by atomic mass is 9.96. The molecule has 1 N–H and O–H groups in total. The van der Waals surface area contributed by atoms with E-state index in [0.717, 1.165) is 57.0 Å². The maximum atomic E-state index is 6.08. The topological polar surface area (TPSA) is 60.8 Å².